The highest BCUT2D eigenvalue weighted by Gasteiger charge is 2.56. The van der Waals surface area contributed by atoms with Crippen LogP contribution in [-0.2, 0) is 24.6 Å². The number of rotatable bonds is 5. The van der Waals surface area contributed by atoms with Crippen LogP contribution in [0.1, 0.15) is 29.7 Å². The molecule has 0 aliphatic carbocycles. The molecule has 3 aromatic rings. The topological polar surface area (TPSA) is 74.9 Å². The van der Waals surface area contributed by atoms with Crippen molar-refractivity contribution in [3.63, 3.8) is 0 Å². The van der Waals surface area contributed by atoms with Gasteiger partial charge in [-0.15, -0.1) is 0 Å². The molecule has 0 spiro atoms. The van der Waals surface area contributed by atoms with Crippen molar-refractivity contribution in [3.05, 3.63) is 70.4 Å². The molecule has 1 aromatic heterocycles. The third-order valence-electron chi connectivity index (χ3n) is 6.99. The molecule has 1 N–H and O–H groups in total. The van der Waals surface area contributed by atoms with E-state index in [2.05, 4.69) is 4.98 Å². The molecule has 2 aliphatic rings. The number of para-hydroxylation sites is 1. The Hall–Kier alpha value is -2.87. The molecule has 3 heterocycles. The maximum atomic E-state index is 13.9. The fourth-order valence-electron chi connectivity index (χ4n) is 5.29. The summed E-state index contributed by atoms with van der Waals surface area (Å²) in [7, 11) is 3.03. The first-order chi connectivity index (χ1) is 15.9. The van der Waals surface area contributed by atoms with Crippen LogP contribution in [0.2, 0.25) is 5.02 Å². The lowest BCUT2D eigenvalue weighted by molar-refractivity contribution is -0.174. The Labute approximate surface area is 197 Å². The summed E-state index contributed by atoms with van der Waals surface area (Å²) in [5.41, 5.74) is 2.43. The highest BCUT2D eigenvalue weighted by atomic mass is 35.5. The van der Waals surface area contributed by atoms with Crippen LogP contribution in [0.5, 0.6) is 0 Å². The van der Waals surface area contributed by atoms with Crippen molar-refractivity contribution in [1.82, 2.24) is 14.8 Å². The predicted octanol–water partition coefficient (Wildman–Crippen LogP) is 3.47. The van der Waals surface area contributed by atoms with Crippen molar-refractivity contribution in [2.75, 3.05) is 33.9 Å². The average Bonchev–Trinajstić information content (AvgIpc) is 3.22. The summed E-state index contributed by atoms with van der Waals surface area (Å²) in [6, 6.07) is 15.7. The third-order valence-corrected chi connectivity index (χ3v) is 7.34. The van der Waals surface area contributed by atoms with Crippen LogP contribution in [0.25, 0.3) is 10.9 Å². The average molecular weight is 468 g/mol. The number of piperazine rings is 1. The van der Waals surface area contributed by atoms with Crippen LogP contribution in [0.15, 0.2) is 48.5 Å². The van der Waals surface area contributed by atoms with Gasteiger partial charge >= 0.3 is 0 Å². The van der Waals surface area contributed by atoms with Gasteiger partial charge in [-0.25, -0.2) is 0 Å². The largest absolute Gasteiger partial charge is 0.356 e. The molecule has 2 aliphatic heterocycles. The number of fused-ring (bicyclic) bond motifs is 5. The number of aromatic amines is 1. The zero-order chi connectivity index (χ0) is 23.3. The first-order valence-electron chi connectivity index (χ1n) is 10.9. The van der Waals surface area contributed by atoms with Crippen LogP contribution >= 0.6 is 11.6 Å². The minimum atomic E-state index is -1.17. The minimum absolute atomic E-state index is 0.0254. The second kappa shape index (κ2) is 8.17. The van der Waals surface area contributed by atoms with Gasteiger partial charge < -0.3 is 24.3 Å². The molecule has 2 atom stereocenters. The molecule has 0 bridgehead atoms. The van der Waals surface area contributed by atoms with E-state index in [1.54, 1.807) is 4.90 Å². The number of carbonyl (C=O) groups is 2. The zero-order valence-corrected chi connectivity index (χ0v) is 19.6. The van der Waals surface area contributed by atoms with Crippen LogP contribution in [0.4, 0.5) is 0 Å². The fourth-order valence-corrected chi connectivity index (χ4v) is 5.55. The molecule has 0 radical (unpaired) electrons. The van der Waals surface area contributed by atoms with Gasteiger partial charge in [-0.1, -0.05) is 48.0 Å². The minimum Gasteiger partial charge on any atom is -0.356 e. The quantitative estimate of drug-likeness (QED) is 0.583. The molecular formula is C25H26ClN3O4. The molecule has 33 heavy (non-hydrogen) atoms. The highest BCUT2D eigenvalue weighted by Crippen LogP contribution is 2.49. The second-order valence-corrected chi connectivity index (χ2v) is 9.10. The summed E-state index contributed by atoms with van der Waals surface area (Å²) in [6.07, 6.45) is -0.612. The number of benzene rings is 2. The summed E-state index contributed by atoms with van der Waals surface area (Å²) in [4.78, 5) is 34.1. The zero-order valence-electron chi connectivity index (χ0n) is 18.8. The van der Waals surface area contributed by atoms with E-state index in [1.807, 2.05) is 55.5 Å². The van der Waals surface area contributed by atoms with E-state index in [9.17, 15) is 9.59 Å². The summed E-state index contributed by atoms with van der Waals surface area (Å²) in [6.45, 7) is 2.34. The lowest BCUT2D eigenvalue weighted by Gasteiger charge is -2.51. The normalized spacial score (nSPS) is 22.8. The van der Waals surface area contributed by atoms with E-state index in [-0.39, 0.29) is 30.8 Å². The lowest BCUT2D eigenvalue weighted by Crippen LogP contribution is -2.68. The molecule has 1 fully saturated rings. The first-order valence-corrected chi connectivity index (χ1v) is 11.3. The number of ether oxygens (including phenoxy) is 2. The monoisotopic (exact) mass is 467 g/mol. The van der Waals surface area contributed by atoms with Crippen LogP contribution < -0.4 is 0 Å². The van der Waals surface area contributed by atoms with Crippen LogP contribution in [-0.4, -0.2) is 66.7 Å². The van der Waals surface area contributed by atoms with Crippen LogP contribution in [0.3, 0.4) is 0 Å². The Bertz CT molecular complexity index is 1240. The van der Waals surface area contributed by atoms with Crippen LogP contribution in [0, 0.1) is 0 Å². The number of H-pyrrole nitrogens is 1. The van der Waals surface area contributed by atoms with Crippen molar-refractivity contribution >= 4 is 34.3 Å². The number of hydrogen-bond acceptors (Lipinski definition) is 4. The number of halogens is 1. The molecule has 172 valence electrons. The number of hydrogen-bond donors (Lipinski definition) is 1. The summed E-state index contributed by atoms with van der Waals surface area (Å²) in [5.74, 6) is -0.442. The van der Waals surface area contributed by atoms with E-state index < -0.39 is 11.8 Å². The summed E-state index contributed by atoms with van der Waals surface area (Å²) < 4.78 is 10.6. The number of aromatic nitrogens is 1. The van der Waals surface area contributed by atoms with Gasteiger partial charge in [0.05, 0.1) is 12.2 Å². The molecule has 8 heteroatoms. The Kier molecular flexibility index (Phi) is 5.43. The van der Waals surface area contributed by atoms with Crippen molar-refractivity contribution < 1.29 is 19.1 Å². The van der Waals surface area contributed by atoms with Gasteiger partial charge in [0, 0.05) is 42.6 Å². The first kappa shape index (κ1) is 21.9. The molecule has 2 amide bonds. The highest BCUT2D eigenvalue weighted by molar-refractivity contribution is 6.31. The van der Waals surface area contributed by atoms with Gasteiger partial charge in [-0.2, -0.15) is 0 Å². The van der Waals surface area contributed by atoms with Gasteiger partial charge in [0.25, 0.3) is 5.91 Å². The molecule has 1 saturated heterocycles. The van der Waals surface area contributed by atoms with Crippen molar-refractivity contribution in [3.8, 4) is 0 Å². The maximum absolute atomic E-state index is 13.9. The smallest absolute Gasteiger partial charge is 0.255 e. The molecular weight excluding hydrogens is 442 g/mol. The van der Waals surface area contributed by atoms with Gasteiger partial charge in [0.2, 0.25) is 5.91 Å². The molecule has 0 saturated carbocycles. The van der Waals surface area contributed by atoms with E-state index in [1.165, 1.54) is 19.1 Å². The Balaban J connectivity index is 1.70. The Morgan fingerprint density at radius 3 is 2.55 bits per heavy atom. The fraction of sp³-hybridized carbons (Fsp3) is 0.360. The van der Waals surface area contributed by atoms with Gasteiger partial charge in [0.15, 0.2) is 11.8 Å². The van der Waals surface area contributed by atoms with Gasteiger partial charge in [0.1, 0.15) is 6.54 Å². The summed E-state index contributed by atoms with van der Waals surface area (Å²) >= 11 is 6.61. The number of nitrogens with one attached hydrogen (secondary N) is 1. The number of amides is 2. The third kappa shape index (κ3) is 3.26. The van der Waals surface area contributed by atoms with E-state index >= 15 is 0 Å². The number of carbonyl (C=O) groups excluding carboxylic acids is 2. The van der Waals surface area contributed by atoms with Gasteiger partial charge in [-0.3, -0.25) is 9.59 Å². The van der Waals surface area contributed by atoms with Crippen molar-refractivity contribution in [2.45, 2.75) is 24.7 Å². The molecule has 2 unspecified atom stereocenters. The maximum Gasteiger partial charge on any atom is 0.255 e. The summed E-state index contributed by atoms with van der Waals surface area (Å²) in [5, 5.41) is 1.67. The van der Waals surface area contributed by atoms with E-state index in [0.717, 1.165) is 27.7 Å². The van der Waals surface area contributed by atoms with E-state index in [4.69, 9.17) is 21.1 Å². The predicted molar refractivity (Wildman–Crippen MR) is 125 cm³/mol. The molecule has 7 nitrogen and oxygen atoms in total. The number of nitrogens with zero attached hydrogens (tertiary/aromatic N) is 2. The van der Waals surface area contributed by atoms with E-state index in [0.29, 0.717) is 11.6 Å². The number of methoxy groups -OCH3 is 2. The molecule has 2 aromatic carbocycles. The molecule has 5 rings (SSSR count). The SMILES string of the molecule is COC(CN1CC(=O)N2CC(c3ccccc3Cl)c3c([nH]c4ccccc34)C2(C)C1=O)OC. The van der Waals surface area contributed by atoms with Gasteiger partial charge in [-0.05, 0) is 30.2 Å². The Morgan fingerprint density at radius 1 is 1.12 bits per heavy atom. The lowest BCUT2D eigenvalue weighted by atomic mass is 9.76. The van der Waals surface area contributed by atoms with Crippen molar-refractivity contribution in [1.29, 1.82) is 0 Å². The second-order valence-electron chi connectivity index (χ2n) is 8.70. The Morgan fingerprint density at radius 2 is 1.82 bits per heavy atom. The standard InChI is InChI=1S/C25H26ClN3O4/c1-25-23-22(16-9-5-7-11-19(16)27-23)17(15-8-4-6-10-18(15)26)12-29(25)20(30)13-28(24(25)31)14-21(32-2)33-3/h4-11,17,21,27H,12-14H2,1-3H3. The van der Waals surface area contributed by atoms with Crippen molar-refractivity contribution in [2.24, 2.45) is 0 Å².